The second-order valence-electron chi connectivity index (χ2n) is 7.74. The number of nitrogens with zero attached hydrogens (tertiary/aromatic N) is 3. The van der Waals surface area contributed by atoms with Gasteiger partial charge in [-0.2, -0.15) is 10.2 Å². The molecule has 0 saturated heterocycles. The number of aromatic amines is 1. The number of ether oxygens (including phenoxy) is 1. The highest BCUT2D eigenvalue weighted by molar-refractivity contribution is 5.69. The molecule has 2 fully saturated rings. The van der Waals surface area contributed by atoms with Crippen LogP contribution in [0.15, 0.2) is 23.0 Å². The largest absolute Gasteiger partial charge is 0.446 e. The summed E-state index contributed by atoms with van der Waals surface area (Å²) in [5, 5.41) is 17.5. The van der Waals surface area contributed by atoms with Crippen molar-refractivity contribution in [3.8, 4) is 0 Å². The molecular weight excluding hydrogens is 348 g/mol. The third kappa shape index (κ3) is 4.12. The Kier molecular flexibility index (Phi) is 4.37. The normalized spacial score (nSPS) is 23.0. The van der Waals surface area contributed by atoms with E-state index >= 15 is 0 Å². The maximum Gasteiger partial charge on any atom is 0.407 e. The highest BCUT2D eigenvalue weighted by Crippen LogP contribution is 2.37. The average molecular weight is 372 g/mol. The van der Waals surface area contributed by atoms with Gasteiger partial charge in [0.1, 0.15) is 6.10 Å². The summed E-state index contributed by atoms with van der Waals surface area (Å²) in [4.78, 5) is 23.4. The number of alkyl carbamates (subject to hydrolysis) is 1. The lowest BCUT2D eigenvalue weighted by molar-refractivity contribution is 0.0967. The first-order chi connectivity index (χ1) is 12.9. The number of carbonyl (C=O) groups is 1. The smallest absolute Gasteiger partial charge is 0.407 e. The van der Waals surface area contributed by atoms with Gasteiger partial charge in [-0.1, -0.05) is 0 Å². The number of H-pyrrole nitrogens is 1. The first kappa shape index (κ1) is 17.6. The quantitative estimate of drug-likeness (QED) is 0.741. The van der Waals surface area contributed by atoms with Crippen molar-refractivity contribution in [2.75, 3.05) is 5.32 Å². The van der Waals surface area contributed by atoms with Crippen LogP contribution in [0.1, 0.15) is 50.6 Å². The number of aryl methyl sites for hydroxylation is 1. The Morgan fingerprint density at radius 1 is 1.33 bits per heavy atom. The number of anilines is 2. The third-order valence-electron chi connectivity index (χ3n) is 5.32. The number of aromatic nitrogens is 4. The van der Waals surface area contributed by atoms with Gasteiger partial charge in [-0.05, 0) is 45.1 Å². The van der Waals surface area contributed by atoms with Crippen molar-refractivity contribution in [1.82, 2.24) is 25.3 Å². The SMILES string of the molecule is Cn1nc(Nc2cc([C@H]3CC[C@@H](OC(=O)NC4(C)CC4)C3)[nH]n2)ccc1=O. The Labute approximate surface area is 156 Å². The van der Waals surface area contributed by atoms with E-state index in [1.54, 1.807) is 13.1 Å². The minimum absolute atomic E-state index is 0.0615. The molecule has 9 nitrogen and oxygen atoms in total. The Morgan fingerprint density at radius 3 is 2.89 bits per heavy atom. The van der Waals surface area contributed by atoms with Crippen LogP contribution in [0, 0.1) is 0 Å². The molecule has 0 spiro atoms. The number of rotatable bonds is 5. The number of nitrogens with one attached hydrogen (secondary N) is 3. The zero-order valence-corrected chi connectivity index (χ0v) is 15.5. The van der Waals surface area contributed by atoms with E-state index in [-0.39, 0.29) is 29.2 Å². The molecule has 0 bridgehead atoms. The van der Waals surface area contributed by atoms with Gasteiger partial charge in [0.25, 0.3) is 5.56 Å². The van der Waals surface area contributed by atoms with Crippen LogP contribution in [0.3, 0.4) is 0 Å². The minimum Gasteiger partial charge on any atom is -0.446 e. The zero-order chi connectivity index (χ0) is 19.0. The van der Waals surface area contributed by atoms with Gasteiger partial charge in [-0.15, -0.1) is 0 Å². The monoisotopic (exact) mass is 372 g/mol. The van der Waals surface area contributed by atoms with Gasteiger partial charge in [0.2, 0.25) is 0 Å². The van der Waals surface area contributed by atoms with E-state index in [4.69, 9.17) is 4.74 Å². The molecule has 2 atom stereocenters. The van der Waals surface area contributed by atoms with Gasteiger partial charge in [0.15, 0.2) is 11.6 Å². The molecule has 2 aliphatic carbocycles. The molecule has 2 aromatic rings. The van der Waals surface area contributed by atoms with Gasteiger partial charge in [0, 0.05) is 36.3 Å². The van der Waals surface area contributed by atoms with E-state index in [2.05, 4.69) is 25.9 Å². The molecule has 2 saturated carbocycles. The predicted octanol–water partition coefficient (Wildman–Crippen LogP) is 2.16. The van der Waals surface area contributed by atoms with Crippen molar-refractivity contribution in [3.05, 3.63) is 34.2 Å². The van der Waals surface area contributed by atoms with Crippen LogP contribution in [-0.4, -0.2) is 37.7 Å². The maximum absolute atomic E-state index is 12.0. The average Bonchev–Trinajstić information content (AvgIpc) is 3.01. The van der Waals surface area contributed by atoms with Crippen LogP contribution < -0.4 is 16.2 Å². The van der Waals surface area contributed by atoms with Crippen LogP contribution in [0.2, 0.25) is 0 Å². The molecule has 2 aliphatic rings. The molecule has 4 rings (SSSR count). The van der Waals surface area contributed by atoms with Gasteiger partial charge in [-0.3, -0.25) is 9.89 Å². The Hall–Kier alpha value is -2.84. The summed E-state index contributed by atoms with van der Waals surface area (Å²) in [5.74, 6) is 1.46. The van der Waals surface area contributed by atoms with E-state index in [1.807, 2.05) is 13.0 Å². The summed E-state index contributed by atoms with van der Waals surface area (Å²) in [5.41, 5.74) is 0.775. The predicted molar refractivity (Wildman–Crippen MR) is 99.0 cm³/mol. The van der Waals surface area contributed by atoms with Gasteiger partial charge < -0.3 is 15.4 Å². The van der Waals surface area contributed by atoms with Crippen molar-refractivity contribution >= 4 is 17.7 Å². The molecule has 0 unspecified atom stereocenters. The van der Waals surface area contributed by atoms with Gasteiger partial charge >= 0.3 is 6.09 Å². The summed E-state index contributed by atoms with van der Waals surface area (Å²) in [6, 6.07) is 5.01. The number of carbonyl (C=O) groups excluding carboxylic acids is 1. The second-order valence-corrected chi connectivity index (χ2v) is 7.74. The molecule has 3 N–H and O–H groups in total. The van der Waals surface area contributed by atoms with Crippen molar-refractivity contribution in [2.24, 2.45) is 7.05 Å². The summed E-state index contributed by atoms with van der Waals surface area (Å²) >= 11 is 0. The Bertz CT molecular complexity index is 900. The van der Waals surface area contributed by atoms with E-state index in [0.29, 0.717) is 11.6 Å². The number of amides is 1. The van der Waals surface area contributed by atoms with Crippen molar-refractivity contribution in [1.29, 1.82) is 0 Å². The fourth-order valence-electron chi connectivity index (χ4n) is 3.38. The topological polar surface area (TPSA) is 114 Å². The molecule has 2 heterocycles. The minimum atomic E-state index is -0.312. The van der Waals surface area contributed by atoms with Crippen molar-refractivity contribution in [2.45, 2.75) is 56.6 Å². The molecule has 0 aromatic carbocycles. The zero-order valence-electron chi connectivity index (χ0n) is 15.5. The molecule has 27 heavy (non-hydrogen) atoms. The molecule has 0 radical (unpaired) electrons. The Balaban J connectivity index is 1.32. The summed E-state index contributed by atoms with van der Waals surface area (Å²) < 4.78 is 6.83. The standard InChI is InChI=1S/C18H24N6O3/c1-18(7-8-18)20-17(26)27-12-4-3-11(9-12)13-10-15(22-21-13)19-14-5-6-16(25)24(2)23-14/h5-6,10-12H,3-4,7-9H2,1-2H3,(H,20,26)(H2,19,21,22,23)/t11-,12+/m0/s1. The highest BCUT2D eigenvalue weighted by atomic mass is 16.6. The van der Waals surface area contributed by atoms with Crippen molar-refractivity contribution in [3.63, 3.8) is 0 Å². The molecule has 0 aliphatic heterocycles. The maximum atomic E-state index is 12.0. The number of hydrogen-bond donors (Lipinski definition) is 3. The fourth-order valence-corrected chi connectivity index (χ4v) is 3.38. The van der Waals surface area contributed by atoms with Gasteiger partial charge in [-0.25, -0.2) is 9.48 Å². The van der Waals surface area contributed by atoms with Crippen LogP contribution in [0.25, 0.3) is 0 Å². The fraction of sp³-hybridized carbons (Fsp3) is 0.556. The van der Waals surface area contributed by atoms with Crippen LogP contribution >= 0.6 is 0 Å². The number of hydrogen-bond acceptors (Lipinski definition) is 6. The summed E-state index contributed by atoms with van der Waals surface area (Å²) in [6.45, 7) is 2.03. The lowest BCUT2D eigenvalue weighted by Crippen LogP contribution is -2.36. The first-order valence-electron chi connectivity index (χ1n) is 9.26. The second kappa shape index (κ2) is 6.71. The van der Waals surface area contributed by atoms with Crippen LogP contribution in [-0.2, 0) is 11.8 Å². The van der Waals surface area contributed by atoms with E-state index in [9.17, 15) is 9.59 Å². The van der Waals surface area contributed by atoms with Crippen LogP contribution in [0.4, 0.5) is 16.4 Å². The van der Waals surface area contributed by atoms with E-state index < -0.39 is 0 Å². The third-order valence-corrected chi connectivity index (χ3v) is 5.32. The molecule has 144 valence electrons. The van der Waals surface area contributed by atoms with Gasteiger partial charge in [0.05, 0.1) is 0 Å². The lowest BCUT2D eigenvalue weighted by atomic mass is 10.0. The van der Waals surface area contributed by atoms with Crippen molar-refractivity contribution < 1.29 is 9.53 Å². The Morgan fingerprint density at radius 2 is 2.15 bits per heavy atom. The van der Waals surface area contributed by atoms with E-state index in [1.165, 1.54) is 10.7 Å². The lowest BCUT2D eigenvalue weighted by Gasteiger charge is -2.16. The van der Waals surface area contributed by atoms with E-state index in [0.717, 1.165) is 37.8 Å². The molecule has 2 aromatic heterocycles. The molecule has 9 heteroatoms. The molecule has 1 amide bonds. The van der Waals surface area contributed by atoms with Crippen LogP contribution in [0.5, 0.6) is 0 Å². The summed E-state index contributed by atoms with van der Waals surface area (Å²) in [6.07, 6.45) is 4.22. The molecular formula is C18H24N6O3. The summed E-state index contributed by atoms with van der Waals surface area (Å²) in [7, 11) is 1.60. The highest BCUT2D eigenvalue weighted by Gasteiger charge is 2.40. The first-order valence-corrected chi connectivity index (χ1v) is 9.26.